The van der Waals surface area contributed by atoms with Gasteiger partial charge in [0.2, 0.25) is 0 Å². The molecule has 0 bridgehead atoms. The van der Waals surface area contributed by atoms with E-state index in [0.717, 1.165) is 12.1 Å². The minimum atomic E-state index is -3.95. The van der Waals surface area contributed by atoms with Crippen LogP contribution in [0.2, 0.25) is 10.0 Å². The molecule has 0 aliphatic rings. The summed E-state index contributed by atoms with van der Waals surface area (Å²) in [6, 6.07) is 8.67. The second kappa shape index (κ2) is 6.13. The van der Waals surface area contributed by atoms with Crippen molar-refractivity contribution in [2.75, 3.05) is 5.75 Å². The first-order valence-electron chi connectivity index (χ1n) is 5.76. The van der Waals surface area contributed by atoms with Crippen molar-refractivity contribution < 1.29 is 17.6 Å². The average Bonchev–Trinajstić information content (AvgIpc) is 2.41. The summed E-state index contributed by atoms with van der Waals surface area (Å²) >= 11 is 11.6. The Labute approximate surface area is 131 Å². The van der Waals surface area contributed by atoms with Crippen molar-refractivity contribution in [2.24, 2.45) is 0 Å². The van der Waals surface area contributed by atoms with Crippen molar-refractivity contribution in [3.63, 3.8) is 0 Å². The largest absolute Gasteiger partial charge is 0.293 e. The molecular weight excluding hydrogens is 338 g/mol. The number of hydrogen-bond donors (Lipinski definition) is 0. The SMILES string of the molecule is O=C(CS(=O)(=O)c1cccc(F)c1)c1cc(Cl)ccc1Cl. The number of sulfone groups is 1. The first-order valence-corrected chi connectivity index (χ1v) is 8.17. The molecule has 2 rings (SSSR count). The van der Waals surface area contributed by atoms with Gasteiger partial charge in [-0.3, -0.25) is 4.79 Å². The maximum Gasteiger partial charge on any atom is 0.185 e. The second-order valence-electron chi connectivity index (χ2n) is 4.26. The Morgan fingerprint density at radius 2 is 1.81 bits per heavy atom. The highest BCUT2D eigenvalue weighted by Crippen LogP contribution is 2.22. The smallest absolute Gasteiger partial charge is 0.185 e. The van der Waals surface area contributed by atoms with E-state index < -0.39 is 27.2 Å². The third-order valence-corrected chi connectivity index (χ3v) is 4.88. The van der Waals surface area contributed by atoms with E-state index in [1.807, 2.05) is 0 Å². The van der Waals surface area contributed by atoms with E-state index in [1.54, 1.807) is 0 Å². The van der Waals surface area contributed by atoms with Gasteiger partial charge in [0.1, 0.15) is 11.6 Å². The maximum absolute atomic E-state index is 13.1. The van der Waals surface area contributed by atoms with Crippen molar-refractivity contribution in [1.82, 2.24) is 0 Å². The number of carbonyl (C=O) groups excluding carboxylic acids is 1. The molecule has 0 aliphatic carbocycles. The summed E-state index contributed by atoms with van der Waals surface area (Å²) < 4.78 is 37.3. The Kier molecular flexibility index (Phi) is 4.66. The second-order valence-corrected chi connectivity index (χ2v) is 7.10. The maximum atomic E-state index is 13.1. The fourth-order valence-corrected chi connectivity index (χ4v) is 3.35. The Balaban J connectivity index is 2.32. The van der Waals surface area contributed by atoms with E-state index in [9.17, 15) is 17.6 Å². The molecule has 0 radical (unpaired) electrons. The Morgan fingerprint density at radius 1 is 1.10 bits per heavy atom. The third kappa shape index (κ3) is 3.81. The summed E-state index contributed by atoms with van der Waals surface area (Å²) in [5, 5.41) is 0.379. The summed E-state index contributed by atoms with van der Waals surface area (Å²) in [5.74, 6) is -2.20. The Hall–Kier alpha value is -1.43. The molecule has 7 heteroatoms. The number of rotatable bonds is 4. The molecule has 2 aromatic carbocycles. The van der Waals surface area contributed by atoms with Crippen molar-refractivity contribution in [2.45, 2.75) is 4.90 Å². The van der Waals surface area contributed by atoms with Gasteiger partial charge in [-0.2, -0.15) is 0 Å². The zero-order valence-electron chi connectivity index (χ0n) is 10.5. The standard InChI is InChI=1S/C14H9Cl2FO3S/c15-9-4-5-13(16)12(6-9)14(18)8-21(19,20)11-3-1-2-10(17)7-11/h1-7H,8H2. The summed E-state index contributed by atoms with van der Waals surface area (Å²) in [6.07, 6.45) is 0. The van der Waals surface area contributed by atoms with E-state index in [-0.39, 0.29) is 20.5 Å². The minimum Gasteiger partial charge on any atom is -0.293 e. The number of benzene rings is 2. The summed E-state index contributed by atoms with van der Waals surface area (Å²) in [4.78, 5) is 11.8. The molecule has 0 fully saturated rings. The van der Waals surface area contributed by atoms with Crippen LogP contribution in [-0.2, 0) is 9.84 Å². The molecule has 0 spiro atoms. The predicted octanol–water partition coefficient (Wildman–Crippen LogP) is 3.79. The lowest BCUT2D eigenvalue weighted by Gasteiger charge is -2.06. The number of hydrogen-bond acceptors (Lipinski definition) is 3. The molecule has 0 saturated carbocycles. The molecule has 110 valence electrons. The van der Waals surface area contributed by atoms with Crippen LogP contribution in [0, 0.1) is 5.82 Å². The van der Waals surface area contributed by atoms with E-state index in [0.29, 0.717) is 0 Å². The Morgan fingerprint density at radius 3 is 2.48 bits per heavy atom. The molecule has 0 aliphatic heterocycles. The van der Waals surface area contributed by atoms with Crippen molar-refractivity contribution in [1.29, 1.82) is 0 Å². The van der Waals surface area contributed by atoms with Gasteiger partial charge in [0.15, 0.2) is 15.6 Å². The third-order valence-electron chi connectivity index (χ3n) is 2.71. The van der Waals surface area contributed by atoms with Gasteiger partial charge >= 0.3 is 0 Å². The summed E-state index contributed by atoms with van der Waals surface area (Å²) in [6.45, 7) is 0. The van der Waals surface area contributed by atoms with Crippen LogP contribution in [0.5, 0.6) is 0 Å². The highest BCUT2D eigenvalue weighted by atomic mass is 35.5. The van der Waals surface area contributed by atoms with Crippen LogP contribution in [0.25, 0.3) is 0 Å². The molecular formula is C14H9Cl2FO3S. The minimum absolute atomic E-state index is 0.0177. The number of Topliss-reactive ketones (excluding diaryl/α,β-unsaturated/α-hetero) is 1. The van der Waals surface area contributed by atoms with Gasteiger partial charge in [-0.15, -0.1) is 0 Å². The zero-order valence-corrected chi connectivity index (χ0v) is 12.8. The lowest BCUT2D eigenvalue weighted by molar-refractivity contribution is 0.102. The van der Waals surface area contributed by atoms with Crippen LogP contribution in [0.1, 0.15) is 10.4 Å². The van der Waals surface area contributed by atoms with Gasteiger partial charge in [-0.05, 0) is 36.4 Å². The van der Waals surface area contributed by atoms with E-state index in [1.165, 1.54) is 30.3 Å². The van der Waals surface area contributed by atoms with Crippen LogP contribution in [0.15, 0.2) is 47.4 Å². The fraction of sp³-hybridized carbons (Fsp3) is 0.0714. The van der Waals surface area contributed by atoms with Gasteiger partial charge in [0.25, 0.3) is 0 Å². The molecule has 0 atom stereocenters. The topological polar surface area (TPSA) is 51.2 Å². The summed E-state index contributed by atoms with van der Waals surface area (Å²) in [5.41, 5.74) is 0.0177. The monoisotopic (exact) mass is 346 g/mol. The Bertz CT molecular complexity index is 804. The van der Waals surface area contributed by atoms with Crippen molar-refractivity contribution >= 4 is 38.8 Å². The molecule has 2 aromatic rings. The van der Waals surface area contributed by atoms with Crippen molar-refractivity contribution in [3.8, 4) is 0 Å². The lowest BCUT2D eigenvalue weighted by Crippen LogP contribution is -2.17. The first-order chi connectivity index (χ1) is 9.79. The quantitative estimate of drug-likeness (QED) is 0.791. The fourth-order valence-electron chi connectivity index (χ4n) is 1.71. The van der Waals surface area contributed by atoms with E-state index in [4.69, 9.17) is 23.2 Å². The van der Waals surface area contributed by atoms with E-state index in [2.05, 4.69) is 0 Å². The van der Waals surface area contributed by atoms with Crippen LogP contribution < -0.4 is 0 Å². The highest BCUT2D eigenvalue weighted by molar-refractivity contribution is 7.92. The highest BCUT2D eigenvalue weighted by Gasteiger charge is 2.22. The van der Waals surface area contributed by atoms with Crippen LogP contribution in [0.3, 0.4) is 0 Å². The van der Waals surface area contributed by atoms with Gasteiger partial charge in [-0.1, -0.05) is 29.3 Å². The molecule has 21 heavy (non-hydrogen) atoms. The zero-order chi connectivity index (χ0) is 15.6. The molecule has 3 nitrogen and oxygen atoms in total. The molecule has 0 saturated heterocycles. The molecule has 0 heterocycles. The normalized spacial score (nSPS) is 11.4. The van der Waals surface area contributed by atoms with Crippen LogP contribution in [0.4, 0.5) is 4.39 Å². The van der Waals surface area contributed by atoms with Gasteiger partial charge in [0, 0.05) is 10.6 Å². The number of carbonyl (C=O) groups is 1. The van der Waals surface area contributed by atoms with E-state index >= 15 is 0 Å². The summed E-state index contributed by atoms with van der Waals surface area (Å²) in [7, 11) is -3.95. The molecule has 0 unspecified atom stereocenters. The van der Waals surface area contributed by atoms with Gasteiger partial charge in [-0.25, -0.2) is 12.8 Å². The molecule has 0 aromatic heterocycles. The van der Waals surface area contributed by atoms with Crippen molar-refractivity contribution in [3.05, 3.63) is 63.9 Å². The predicted molar refractivity (Wildman–Crippen MR) is 79.2 cm³/mol. The molecule has 0 amide bonds. The van der Waals surface area contributed by atoms with Crippen LogP contribution in [-0.4, -0.2) is 20.0 Å². The van der Waals surface area contributed by atoms with Gasteiger partial charge in [0.05, 0.1) is 9.92 Å². The molecule has 0 N–H and O–H groups in total. The lowest BCUT2D eigenvalue weighted by atomic mass is 10.1. The number of halogens is 3. The van der Waals surface area contributed by atoms with Crippen LogP contribution >= 0.6 is 23.2 Å². The first kappa shape index (κ1) is 15.9. The van der Waals surface area contributed by atoms with Gasteiger partial charge < -0.3 is 0 Å². The average molecular weight is 347 g/mol. The number of ketones is 1.